The van der Waals surface area contributed by atoms with Crippen molar-refractivity contribution in [3.63, 3.8) is 0 Å². The van der Waals surface area contributed by atoms with Gasteiger partial charge < -0.3 is 11.1 Å². The van der Waals surface area contributed by atoms with Gasteiger partial charge in [0.05, 0.1) is 6.04 Å². The van der Waals surface area contributed by atoms with Crippen LogP contribution in [0.3, 0.4) is 0 Å². The zero-order chi connectivity index (χ0) is 18.6. The lowest BCUT2D eigenvalue weighted by Crippen LogP contribution is -2.29. The van der Waals surface area contributed by atoms with Crippen LogP contribution in [0.2, 0.25) is 0 Å². The second-order valence-electron chi connectivity index (χ2n) is 5.97. The molecule has 0 aliphatic heterocycles. The maximum absolute atomic E-state index is 14.0. The van der Waals surface area contributed by atoms with Crippen molar-refractivity contribution in [2.45, 2.75) is 30.3 Å². The number of nitrogens with two attached hydrogens (primary N) is 1. The van der Waals surface area contributed by atoms with Crippen LogP contribution in [0.4, 0.5) is 4.39 Å². The van der Waals surface area contributed by atoms with Gasteiger partial charge in [0, 0.05) is 18.7 Å². The molecular weight excluding hydrogens is 379 g/mol. The van der Waals surface area contributed by atoms with E-state index in [0.717, 1.165) is 17.9 Å². The first-order valence-corrected chi connectivity index (χ1v) is 9.67. The Balaban J connectivity index is 0.00000338. The molecule has 0 saturated heterocycles. The molecule has 0 heterocycles. The van der Waals surface area contributed by atoms with Crippen molar-refractivity contribution in [1.82, 2.24) is 5.32 Å². The molecule has 0 aliphatic rings. The Morgan fingerprint density at radius 1 is 1.15 bits per heavy atom. The number of hydrogen-bond acceptors (Lipinski definition) is 4. The molecular formula is C18H22ClFN2O3S. The largest absolute Gasteiger partial charge is 0.350 e. The zero-order valence-electron chi connectivity index (χ0n) is 14.5. The predicted octanol–water partition coefficient (Wildman–Crippen LogP) is 2.92. The standard InChI is InChI=1S/C18H21FN2O3S.ClH/c1-12(14-8-9-17(15(19)10-14)25(2,23)24)21-18(22)11-16(20)13-6-4-3-5-7-13;/h3-10,12,16H,11,20H2,1-2H3,(H,21,22);1H. The fourth-order valence-electron chi connectivity index (χ4n) is 2.49. The number of hydrogen-bond donors (Lipinski definition) is 2. The fraction of sp³-hybridized carbons (Fsp3) is 0.278. The van der Waals surface area contributed by atoms with Gasteiger partial charge in [0.2, 0.25) is 5.91 Å². The number of rotatable bonds is 6. The Labute approximate surface area is 159 Å². The minimum absolute atomic E-state index is 0. The number of nitrogens with one attached hydrogen (secondary N) is 1. The third-order valence-electron chi connectivity index (χ3n) is 3.87. The highest BCUT2D eigenvalue weighted by atomic mass is 35.5. The van der Waals surface area contributed by atoms with Gasteiger partial charge in [-0.1, -0.05) is 36.4 Å². The molecule has 142 valence electrons. The SMILES string of the molecule is CC(NC(=O)CC(N)c1ccccc1)c1ccc(S(C)(=O)=O)c(F)c1.Cl. The summed E-state index contributed by atoms with van der Waals surface area (Å²) in [5, 5.41) is 2.75. The molecule has 2 aromatic rings. The number of carbonyl (C=O) groups is 1. The van der Waals surface area contributed by atoms with Gasteiger partial charge in [-0.15, -0.1) is 12.4 Å². The van der Waals surface area contributed by atoms with Gasteiger partial charge in [0.25, 0.3) is 0 Å². The Morgan fingerprint density at radius 2 is 1.77 bits per heavy atom. The van der Waals surface area contributed by atoms with Gasteiger partial charge in [-0.3, -0.25) is 4.79 Å². The predicted molar refractivity (Wildman–Crippen MR) is 101 cm³/mol. The maximum Gasteiger partial charge on any atom is 0.222 e. The highest BCUT2D eigenvalue weighted by molar-refractivity contribution is 7.90. The quantitative estimate of drug-likeness (QED) is 0.780. The molecule has 0 saturated carbocycles. The number of benzene rings is 2. The lowest BCUT2D eigenvalue weighted by Gasteiger charge is -2.17. The van der Waals surface area contributed by atoms with Crippen molar-refractivity contribution in [2.24, 2.45) is 5.73 Å². The normalized spacial score (nSPS) is 13.4. The van der Waals surface area contributed by atoms with Crippen LogP contribution >= 0.6 is 12.4 Å². The van der Waals surface area contributed by atoms with Gasteiger partial charge in [0.15, 0.2) is 9.84 Å². The maximum atomic E-state index is 14.0. The van der Waals surface area contributed by atoms with Crippen molar-refractivity contribution in [1.29, 1.82) is 0 Å². The van der Waals surface area contributed by atoms with Gasteiger partial charge >= 0.3 is 0 Å². The van der Waals surface area contributed by atoms with Crippen molar-refractivity contribution < 1.29 is 17.6 Å². The van der Waals surface area contributed by atoms with Gasteiger partial charge in [-0.2, -0.15) is 0 Å². The molecule has 1 amide bonds. The van der Waals surface area contributed by atoms with E-state index in [0.29, 0.717) is 5.56 Å². The summed E-state index contributed by atoms with van der Waals surface area (Å²) < 4.78 is 36.9. The second kappa shape index (κ2) is 9.12. The molecule has 0 fully saturated rings. The van der Waals surface area contributed by atoms with E-state index in [4.69, 9.17) is 5.73 Å². The van der Waals surface area contributed by atoms with Gasteiger partial charge in [0.1, 0.15) is 10.7 Å². The highest BCUT2D eigenvalue weighted by Crippen LogP contribution is 2.21. The topological polar surface area (TPSA) is 89.3 Å². The minimum atomic E-state index is -3.62. The molecule has 2 unspecified atom stereocenters. The summed E-state index contributed by atoms with van der Waals surface area (Å²) >= 11 is 0. The van der Waals surface area contributed by atoms with Crippen LogP contribution < -0.4 is 11.1 Å². The molecule has 0 aromatic heterocycles. The van der Waals surface area contributed by atoms with Gasteiger partial charge in [-0.25, -0.2) is 12.8 Å². The van der Waals surface area contributed by atoms with Crippen molar-refractivity contribution in [2.75, 3.05) is 6.26 Å². The summed E-state index contributed by atoms with van der Waals surface area (Å²) in [6.07, 6.45) is 1.04. The smallest absolute Gasteiger partial charge is 0.222 e. The highest BCUT2D eigenvalue weighted by Gasteiger charge is 2.18. The fourth-order valence-corrected chi connectivity index (χ4v) is 3.22. The molecule has 2 rings (SSSR count). The molecule has 0 radical (unpaired) electrons. The Bertz CT molecular complexity index is 860. The van der Waals surface area contributed by atoms with E-state index in [2.05, 4.69) is 5.32 Å². The van der Waals surface area contributed by atoms with Crippen molar-refractivity contribution >= 4 is 28.2 Å². The van der Waals surface area contributed by atoms with Crippen LogP contribution in [0.25, 0.3) is 0 Å². The van der Waals surface area contributed by atoms with Crippen LogP contribution in [0, 0.1) is 5.82 Å². The van der Waals surface area contributed by atoms with E-state index < -0.39 is 27.7 Å². The third kappa shape index (κ3) is 5.79. The minimum Gasteiger partial charge on any atom is -0.350 e. The van der Waals surface area contributed by atoms with E-state index in [1.54, 1.807) is 6.92 Å². The third-order valence-corrected chi connectivity index (χ3v) is 5.00. The summed E-state index contributed by atoms with van der Waals surface area (Å²) in [5.41, 5.74) is 7.35. The molecule has 5 nitrogen and oxygen atoms in total. The summed E-state index contributed by atoms with van der Waals surface area (Å²) in [6.45, 7) is 1.70. The zero-order valence-corrected chi connectivity index (χ0v) is 16.1. The first-order chi connectivity index (χ1) is 11.7. The molecule has 0 bridgehead atoms. The van der Waals surface area contributed by atoms with Crippen LogP contribution in [-0.2, 0) is 14.6 Å². The van der Waals surface area contributed by atoms with E-state index in [9.17, 15) is 17.6 Å². The lowest BCUT2D eigenvalue weighted by atomic mass is 10.0. The molecule has 0 spiro atoms. The van der Waals surface area contributed by atoms with Crippen molar-refractivity contribution in [3.05, 3.63) is 65.5 Å². The first kappa shape index (κ1) is 22.1. The molecule has 2 atom stereocenters. The van der Waals surface area contributed by atoms with Gasteiger partial charge in [-0.05, 0) is 30.2 Å². The van der Waals surface area contributed by atoms with E-state index >= 15 is 0 Å². The number of halogens is 2. The molecule has 0 aliphatic carbocycles. The van der Waals surface area contributed by atoms with Crippen molar-refractivity contribution in [3.8, 4) is 0 Å². The average Bonchev–Trinajstić information content (AvgIpc) is 2.54. The average molecular weight is 401 g/mol. The summed E-state index contributed by atoms with van der Waals surface area (Å²) in [7, 11) is -3.62. The summed E-state index contributed by atoms with van der Waals surface area (Å²) in [5.74, 6) is -1.10. The summed E-state index contributed by atoms with van der Waals surface area (Å²) in [4.78, 5) is 11.8. The molecule has 26 heavy (non-hydrogen) atoms. The lowest BCUT2D eigenvalue weighted by molar-refractivity contribution is -0.122. The Kier molecular flexibility index (Phi) is 7.74. The number of sulfone groups is 1. The van der Waals surface area contributed by atoms with Crippen LogP contribution in [0.1, 0.15) is 36.6 Å². The van der Waals surface area contributed by atoms with Crippen LogP contribution in [0.5, 0.6) is 0 Å². The number of carbonyl (C=O) groups excluding carboxylic acids is 1. The molecule has 8 heteroatoms. The van der Waals surface area contributed by atoms with Crippen LogP contribution in [0.15, 0.2) is 53.4 Å². The Hall–Kier alpha value is -1.96. The number of amides is 1. The summed E-state index contributed by atoms with van der Waals surface area (Å²) in [6, 6.07) is 12.2. The molecule has 2 aromatic carbocycles. The second-order valence-corrected chi connectivity index (χ2v) is 7.96. The van der Waals surface area contributed by atoms with E-state index in [-0.39, 0.29) is 29.6 Å². The van der Waals surface area contributed by atoms with Crippen LogP contribution in [-0.4, -0.2) is 20.6 Å². The monoisotopic (exact) mass is 400 g/mol. The first-order valence-electron chi connectivity index (χ1n) is 7.78. The van der Waals surface area contributed by atoms with E-state index in [1.165, 1.54) is 12.1 Å². The Morgan fingerprint density at radius 3 is 2.31 bits per heavy atom. The van der Waals surface area contributed by atoms with E-state index in [1.807, 2.05) is 30.3 Å². The molecule has 3 N–H and O–H groups in total.